The first-order valence-electron chi connectivity index (χ1n) is 6.63. The van der Waals surface area contributed by atoms with Crippen LogP contribution in [-0.4, -0.2) is 48.0 Å². The van der Waals surface area contributed by atoms with Gasteiger partial charge in [0.2, 0.25) is 0 Å². The molecule has 1 aliphatic carbocycles. The maximum absolute atomic E-state index is 11.7. The van der Waals surface area contributed by atoms with Crippen molar-refractivity contribution < 1.29 is 19.2 Å². The molecular weight excluding hydrogens is 250 g/mol. The number of likely N-dealkylation sites (N-methyl/N-ethyl adjacent to an activating group) is 1. The maximum Gasteiger partial charge on any atom is 0.358 e. The highest BCUT2D eigenvalue weighted by Crippen LogP contribution is 2.24. The molecule has 19 heavy (non-hydrogen) atoms. The van der Waals surface area contributed by atoms with E-state index in [-0.39, 0.29) is 11.9 Å². The van der Waals surface area contributed by atoms with Gasteiger partial charge in [-0.2, -0.15) is 5.48 Å². The first kappa shape index (κ1) is 13.6. The molecule has 1 N–H and O–H groups in total. The molecule has 1 aliphatic heterocycles. The van der Waals surface area contributed by atoms with Crippen LogP contribution in [0, 0.1) is 5.92 Å². The number of imide groups is 1. The van der Waals surface area contributed by atoms with Crippen LogP contribution >= 0.6 is 0 Å². The van der Waals surface area contributed by atoms with Crippen molar-refractivity contribution in [3.05, 3.63) is 0 Å². The summed E-state index contributed by atoms with van der Waals surface area (Å²) < 4.78 is 0. The fourth-order valence-corrected chi connectivity index (χ4v) is 2.41. The SMILES string of the molecule is CN1CCN(C(=O)NOC(=O)C2CCCCC2)C1=O. The zero-order valence-electron chi connectivity index (χ0n) is 11.1. The number of hydroxylamine groups is 1. The predicted molar refractivity (Wildman–Crippen MR) is 65.9 cm³/mol. The van der Waals surface area contributed by atoms with Gasteiger partial charge < -0.3 is 9.74 Å². The first-order chi connectivity index (χ1) is 9.09. The molecule has 0 spiro atoms. The van der Waals surface area contributed by atoms with E-state index < -0.39 is 12.0 Å². The highest BCUT2D eigenvalue weighted by molar-refractivity contribution is 5.94. The van der Waals surface area contributed by atoms with E-state index >= 15 is 0 Å². The molecule has 7 heteroatoms. The molecule has 0 bridgehead atoms. The summed E-state index contributed by atoms with van der Waals surface area (Å²) in [5.74, 6) is -0.543. The molecular formula is C12H19N3O4. The minimum absolute atomic E-state index is 0.133. The molecule has 7 nitrogen and oxygen atoms in total. The van der Waals surface area contributed by atoms with Crippen molar-refractivity contribution >= 4 is 18.0 Å². The van der Waals surface area contributed by atoms with Crippen LogP contribution < -0.4 is 5.48 Å². The quantitative estimate of drug-likeness (QED) is 0.723. The smallest absolute Gasteiger partial charge is 0.339 e. The number of hydrogen-bond acceptors (Lipinski definition) is 4. The molecule has 0 atom stereocenters. The molecule has 0 aromatic heterocycles. The number of urea groups is 2. The van der Waals surface area contributed by atoms with Gasteiger partial charge in [0, 0.05) is 13.6 Å². The van der Waals surface area contributed by atoms with Gasteiger partial charge >= 0.3 is 18.0 Å². The van der Waals surface area contributed by atoms with E-state index in [0.29, 0.717) is 13.1 Å². The zero-order valence-corrected chi connectivity index (χ0v) is 11.1. The Morgan fingerprint density at radius 2 is 1.89 bits per heavy atom. The predicted octanol–water partition coefficient (Wildman–Crippen LogP) is 1.10. The molecule has 1 heterocycles. The number of rotatable bonds is 1. The van der Waals surface area contributed by atoms with Crippen molar-refractivity contribution in [2.75, 3.05) is 20.1 Å². The summed E-state index contributed by atoms with van der Waals surface area (Å²) in [6, 6.07) is -1.07. The second-order valence-corrected chi connectivity index (χ2v) is 5.02. The Bertz CT molecular complexity index is 379. The van der Waals surface area contributed by atoms with E-state index in [0.717, 1.165) is 37.0 Å². The highest BCUT2D eigenvalue weighted by atomic mass is 16.7. The van der Waals surface area contributed by atoms with E-state index in [4.69, 9.17) is 4.84 Å². The van der Waals surface area contributed by atoms with E-state index in [1.165, 1.54) is 4.90 Å². The Hall–Kier alpha value is -1.79. The van der Waals surface area contributed by atoms with Gasteiger partial charge in [-0.3, -0.25) is 0 Å². The average Bonchev–Trinajstić information content (AvgIpc) is 2.77. The largest absolute Gasteiger partial charge is 0.358 e. The second-order valence-electron chi connectivity index (χ2n) is 5.02. The lowest BCUT2D eigenvalue weighted by molar-refractivity contribution is -0.155. The summed E-state index contributed by atoms with van der Waals surface area (Å²) in [5.41, 5.74) is 2.06. The molecule has 0 aromatic rings. The van der Waals surface area contributed by atoms with E-state index in [1.807, 2.05) is 0 Å². The minimum atomic E-state index is -0.682. The van der Waals surface area contributed by atoms with Crippen LogP contribution in [0.2, 0.25) is 0 Å². The Morgan fingerprint density at radius 3 is 2.47 bits per heavy atom. The topological polar surface area (TPSA) is 79.0 Å². The highest BCUT2D eigenvalue weighted by Gasteiger charge is 2.32. The number of carbonyl (C=O) groups is 3. The van der Waals surface area contributed by atoms with E-state index in [2.05, 4.69) is 5.48 Å². The molecule has 106 valence electrons. The van der Waals surface area contributed by atoms with Crippen LogP contribution in [0.15, 0.2) is 0 Å². The summed E-state index contributed by atoms with van der Waals surface area (Å²) in [4.78, 5) is 42.2. The average molecular weight is 269 g/mol. The Labute approximate surface area is 111 Å². The molecule has 2 fully saturated rings. The normalized spacial score (nSPS) is 20.6. The van der Waals surface area contributed by atoms with Gasteiger partial charge in [-0.05, 0) is 12.8 Å². The Balaban J connectivity index is 1.77. The third kappa shape index (κ3) is 3.15. The van der Waals surface area contributed by atoms with Gasteiger partial charge in [0.05, 0.1) is 12.5 Å². The fourth-order valence-electron chi connectivity index (χ4n) is 2.41. The van der Waals surface area contributed by atoms with Crippen LogP contribution in [0.4, 0.5) is 9.59 Å². The van der Waals surface area contributed by atoms with Crippen LogP contribution in [0.5, 0.6) is 0 Å². The molecule has 0 aromatic carbocycles. The number of hydrogen-bond donors (Lipinski definition) is 1. The summed E-state index contributed by atoms with van der Waals surface area (Å²) in [7, 11) is 1.61. The molecule has 0 unspecified atom stereocenters. The summed E-state index contributed by atoms with van der Waals surface area (Å²) in [6.45, 7) is 0.797. The fraction of sp³-hybridized carbons (Fsp3) is 0.750. The molecule has 0 radical (unpaired) electrons. The van der Waals surface area contributed by atoms with Crippen LogP contribution in [0.3, 0.4) is 0 Å². The second kappa shape index (κ2) is 5.90. The molecule has 2 rings (SSSR count). The third-order valence-corrected chi connectivity index (χ3v) is 3.64. The summed E-state index contributed by atoms with van der Waals surface area (Å²) >= 11 is 0. The zero-order chi connectivity index (χ0) is 13.8. The van der Waals surface area contributed by atoms with Gasteiger partial charge in [-0.25, -0.2) is 19.3 Å². The van der Waals surface area contributed by atoms with Crippen molar-refractivity contribution in [2.24, 2.45) is 5.92 Å². The molecule has 2 aliphatic rings. The van der Waals surface area contributed by atoms with Crippen molar-refractivity contribution in [1.29, 1.82) is 0 Å². The molecule has 4 amide bonds. The van der Waals surface area contributed by atoms with Crippen molar-refractivity contribution in [2.45, 2.75) is 32.1 Å². The van der Waals surface area contributed by atoms with Crippen molar-refractivity contribution in [3.63, 3.8) is 0 Å². The van der Waals surface area contributed by atoms with E-state index in [9.17, 15) is 14.4 Å². The van der Waals surface area contributed by atoms with Crippen LogP contribution in [-0.2, 0) is 9.63 Å². The number of nitrogens with one attached hydrogen (secondary N) is 1. The summed E-state index contributed by atoms with van der Waals surface area (Å²) in [5, 5.41) is 0. The van der Waals surface area contributed by atoms with Gasteiger partial charge in [-0.1, -0.05) is 19.3 Å². The standard InChI is InChI=1S/C12H19N3O4/c1-14-7-8-15(12(14)18)11(17)13-19-10(16)9-5-3-2-4-6-9/h9H,2-8H2,1H3,(H,13,17). The van der Waals surface area contributed by atoms with Crippen molar-refractivity contribution in [1.82, 2.24) is 15.3 Å². The lowest BCUT2D eigenvalue weighted by Crippen LogP contribution is -2.43. The number of amides is 4. The lowest BCUT2D eigenvalue weighted by atomic mass is 9.89. The molecule has 1 saturated heterocycles. The third-order valence-electron chi connectivity index (χ3n) is 3.64. The van der Waals surface area contributed by atoms with Crippen LogP contribution in [0.25, 0.3) is 0 Å². The van der Waals surface area contributed by atoms with E-state index in [1.54, 1.807) is 7.05 Å². The molecule has 1 saturated carbocycles. The lowest BCUT2D eigenvalue weighted by Gasteiger charge is -2.20. The van der Waals surface area contributed by atoms with Gasteiger partial charge in [0.1, 0.15) is 0 Å². The maximum atomic E-state index is 11.7. The monoisotopic (exact) mass is 269 g/mol. The summed E-state index contributed by atoms with van der Waals surface area (Å²) in [6.07, 6.45) is 4.79. The van der Waals surface area contributed by atoms with Crippen LogP contribution in [0.1, 0.15) is 32.1 Å². The Kier molecular flexibility index (Phi) is 4.24. The van der Waals surface area contributed by atoms with Gasteiger partial charge in [0.25, 0.3) is 0 Å². The number of carbonyl (C=O) groups excluding carboxylic acids is 3. The van der Waals surface area contributed by atoms with Gasteiger partial charge in [-0.15, -0.1) is 0 Å². The van der Waals surface area contributed by atoms with Gasteiger partial charge in [0.15, 0.2) is 0 Å². The van der Waals surface area contributed by atoms with Crippen molar-refractivity contribution in [3.8, 4) is 0 Å². The first-order valence-corrected chi connectivity index (χ1v) is 6.63. The number of nitrogens with zero attached hydrogens (tertiary/aromatic N) is 2. The Morgan fingerprint density at radius 1 is 1.21 bits per heavy atom. The minimum Gasteiger partial charge on any atom is -0.339 e.